The second kappa shape index (κ2) is 6.51. The van der Waals surface area contributed by atoms with Crippen molar-refractivity contribution in [2.24, 2.45) is 0 Å². The summed E-state index contributed by atoms with van der Waals surface area (Å²) in [6.07, 6.45) is 7.21. The van der Waals surface area contributed by atoms with Crippen molar-refractivity contribution in [2.75, 3.05) is 0 Å². The highest BCUT2D eigenvalue weighted by Crippen LogP contribution is 2.29. The normalized spacial score (nSPS) is 21.8. The number of aliphatic hydroxyl groups excluding tert-OH is 1. The van der Waals surface area contributed by atoms with Crippen LogP contribution in [0.3, 0.4) is 0 Å². The second-order valence-electron chi connectivity index (χ2n) is 5.83. The number of phenolic OH excluding ortho intramolecular Hbond substituents is 2. The third-order valence-electron chi connectivity index (χ3n) is 3.71. The van der Waals surface area contributed by atoms with Gasteiger partial charge in [0.1, 0.15) is 28.7 Å². The van der Waals surface area contributed by atoms with Gasteiger partial charge in [0.2, 0.25) is 0 Å². The van der Waals surface area contributed by atoms with Crippen LogP contribution in [0.15, 0.2) is 45.6 Å². The number of ether oxygens (including phenoxy) is 1. The monoisotopic (exact) mass is 330 g/mol. The van der Waals surface area contributed by atoms with E-state index in [2.05, 4.69) is 0 Å². The molecule has 0 amide bonds. The molecule has 0 radical (unpaired) electrons. The van der Waals surface area contributed by atoms with Gasteiger partial charge in [-0.1, -0.05) is 18.2 Å². The molecule has 126 valence electrons. The number of phenols is 2. The Hall–Kier alpha value is -2.57. The molecule has 24 heavy (non-hydrogen) atoms. The number of fused-ring (bicyclic) bond motifs is 1. The zero-order valence-electron chi connectivity index (χ0n) is 13.0. The largest absolute Gasteiger partial charge is 0.508 e. The number of allylic oxidation sites excluding steroid dienone is 2. The van der Waals surface area contributed by atoms with E-state index in [1.165, 1.54) is 6.07 Å². The van der Waals surface area contributed by atoms with Crippen LogP contribution in [-0.4, -0.2) is 33.6 Å². The topological polar surface area (TPSA) is 103 Å². The molecule has 1 aliphatic heterocycles. The zero-order chi connectivity index (χ0) is 17.3. The lowest BCUT2D eigenvalue weighted by molar-refractivity contribution is 0.170. The van der Waals surface area contributed by atoms with Gasteiger partial charge in [-0.05, 0) is 25.1 Å². The summed E-state index contributed by atoms with van der Waals surface area (Å²) in [7, 11) is 0. The average molecular weight is 330 g/mol. The summed E-state index contributed by atoms with van der Waals surface area (Å²) in [6.45, 7) is 1.72. The van der Waals surface area contributed by atoms with Gasteiger partial charge in [0.05, 0.1) is 12.2 Å². The Kier molecular flexibility index (Phi) is 4.42. The van der Waals surface area contributed by atoms with Crippen molar-refractivity contribution >= 4 is 16.8 Å². The van der Waals surface area contributed by atoms with E-state index in [1.54, 1.807) is 31.2 Å². The molecule has 6 heteroatoms. The number of epoxide rings is 1. The summed E-state index contributed by atoms with van der Waals surface area (Å²) in [6, 6.07) is 4.04. The van der Waals surface area contributed by atoms with Gasteiger partial charge >= 0.3 is 5.63 Å². The van der Waals surface area contributed by atoms with Crippen LogP contribution in [0.2, 0.25) is 0 Å². The van der Waals surface area contributed by atoms with Gasteiger partial charge in [-0.15, -0.1) is 0 Å². The summed E-state index contributed by atoms with van der Waals surface area (Å²) in [5, 5.41) is 28.9. The number of rotatable bonds is 5. The number of hydrogen-bond donors (Lipinski definition) is 3. The molecule has 3 rings (SSSR count). The lowest BCUT2D eigenvalue weighted by Gasteiger charge is -2.01. The molecule has 1 fully saturated rings. The Labute approximate surface area is 137 Å². The molecular weight excluding hydrogens is 312 g/mol. The van der Waals surface area contributed by atoms with Crippen LogP contribution in [0, 0.1) is 0 Å². The van der Waals surface area contributed by atoms with Crippen molar-refractivity contribution in [1.29, 1.82) is 0 Å². The fraction of sp³-hybridized carbons (Fsp3) is 0.278. The first kappa shape index (κ1) is 16.3. The Morgan fingerprint density at radius 2 is 2.04 bits per heavy atom. The number of aromatic hydroxyl groups is 2. The SMILES string of the molecule is CC(O)CC1OC1/C=C/C=C/c1cc2cc(O)cc(O)c2c(=O)o1. The molecule has 6 nitrogen and oxygen atoms in total. The molecule has 1 aliphatic rings. The van der Waals surface area contributed by atoms with Crippen LogP contribution in [0.4, 0.5) is 0 Å². The predicted molar refractivity (Wildman–Crippen MR) is 88.9 cm³/mol. The quantitative estimate of drug-likeness (QED) is 0.574. The first-order chi connectivity index (χ1) is 11.4. The smallest absolute Gasteiger partial charge is 0.347 e. The summed E-state index contributed by atoms with van der Waals surface area (Å²) < 4.78 is 10.5. The van der Waals surface area contributed by atoms with Gasteiger partial charge in [-0.2, -0.15) is 0 Å². The van der Waals surface area contributed by atoms with Gasteiger partial charge in [0, 0.05) is 17.9 Å². The Morgan fingerprint density at radius 3 is 2.79 bits per heavy atom. The summed E-state index contributed by atoms with van der Waals surface area (Å²) >= 11 is 0. The van der Waals surface area contributed by atoms with Crippen LogP contribution in [0.25, 0.3) is 16.8 Å². The molecule has 1 aromatic carbocycles. The van der Waals surface area contributed by atoms with Gasteiger partial charge in [-0.25, -0.2) is 4.79 Å². The summed E-state index contributed by atoms with van der Waals surface area (Å²) in [5.74, 6) is -0.140. The van der Waals surface area contributed by atoms with E-state index in [0.717, 1.165) is 6.07 Å². The Morgan fingerprint density at radius 1 is 1.25 bits per heavy atom. The van der Waals surface area contributed by atoms with Crippen molar-refractivity contribution in [3.8, 4) is 11.5 Å². The van der Waals surface area contributed by atoms with Crippen molar-refractivity contribution < 1.29 is 24.5 Å². The highest BCUT2D eigenvalue weighted by molar-refractivity contribution is 5.89. The fourth-order valence-electron chi connectivity index (χ4n) is 2.57. The highest BCUT2D eigenvalue weighted by atomic mass is 16.6. The average Bonchev–Trinajstić information content (AvgIpc) is 3.19. The molecule has 0 bridgehead atoms. The maximum atomic E-state index is 11.9. The number of aliphatic hydroxyl groups is 1. The van der Waals surface area contributed by atoms with Crippen LogP contribution in [0.1, 0.15) is 19.1 Å². The Bertz CT molecular complexity index is 862. The van der Waals surface area contributed by atoms with E-state index in [9.17, 15) is 20.1 Å². The van der Waals surface area contributed by atoms with Gasteiger partial charge in [0.15, 0.2) is 0 Å². The van der Waals surface area contributed by atoms with E-state index in [1.807, 2.05) is 6.08 Å². The molecule has 1 aromatic heterocycles. The molecular formula is C18H18O6. The molecule has 3 N–H and O–H groups in total. The number of benzene rings is 1. The fourth-order valence-corrected chi connectivity index (χ4v) is 2.57. The maximum absolute atomic E-state index is 11.9. The zero-order valence-corrected chi connectivity index (χ0v) is 13.0. The molecule has 1 saturated heterocycles. The molecule has 0 saturated carbocycles. The Balaban J connectivity index is 1.73. The third kappa shape index (κ3) is 3.67. The van der Waals surface area contributed by atoms with Crippen LogP contribution < -0.4 is 5.63 Å². The highest BCUT2D eigenvalue weighted by Gasteiger charge is 2.36. The molecule has 3 atom stereocenters. The van der Waals surface area contributed by atoms with Gasteiger partial charge in [-0.3, -0.25) is 0 Å². The lowest BCUT2D eigenvalue weighted by atomic mass is 10.1. The minimum absolute atomic E-state index is 0.00163. The second-order valence-corrected chi connectivity index (χ2v) is 5.83. The first-order valence-corrected chi connectivity index (χ1v) is 7.62. The van der Waals surface area contributed by atoms with Crippen molar-refractivity contribution in [3.63, 3.8) is 0 Å². The molecule has 3 unspecified atom stereocenters. The van der Waals surface area contributed by atoms with E-state index >= 15 is 0 Å². The van der Waals surface area contributed by atoms with E-state index in [-0.39, 0.29) is 35.2 Å². The maximum Gasteiger partial charge on any atom is 0.347 e. The minimum atomic E-state index is -0.670. The molecule has 0 aliphatic carbocycles. The van der Waals surface area contributed by atoms with E-state index < -0.39 is 5.63 Å². The standard InChI is InChI=1S/C18H18O6/c1-10(19)6-16-15(24-16)5-3-2-4-13-8-11-7-12(20)9-14(21)17(11)18(22)23-13/h2-5,7-10,15-16,19-21H,6H2,1H3/b4-2+,5-3+. The third-order valence-corrected chi connectivity index (χ3v) is 3.71. The van der Waals surface area contributed by atoms with Crippen molar-refractivity contribution in [2.45, 2.75) is 31.7 Å². The first-order valence-electron chi connectivity index (χ1n) is 7.62. The predicted octanol–water partition coefficient (Wildman–Crippen LogP) is 2.31. The molecule has 2 heterocycles. The minimum Gasteiger partial charge on any atom is -0.508 e. The van der Waals surface area contributed by atoms with Gasteiger partial charge < -0.3 is 24.5 Å². The van der Waals surface area contributed by atoms with E-state index in [0.29, 0.717) is 17.6 Å². The number of hydrogen-bond acceptors (Lipinski definition) is 6. The summed E-state index contributed by atoms with van der Waals surface area (Å²) in [4.78, 5) is 11.9. The van der Waals surface area contributed by atoms with Crippen molar-refractivity contribution in [1.82, 2.24) is 0 Å². The van der Waals surface area contributed by atoms with E-state index in [4.69, 9.17) is 9.15 Å². The van der Waals surface area contributed by atoms with Crippen LogP contribution >= 0.6 is 0 Å². The van der Waals surface area contributed by atoms with Crippen molar-refractivity contribution in [3.05, 3.63) is 52.6 Å². The summed E-state index contributed by atoms with van der Waals surface area (Å²) in [5.41, 5.74) is -0.670. The molecule has 2 aromatic rings. The lowest BCUT2D eigenvalue weighted by Crippen LogP contribution is -2.05. The van der Waals surface area contributed by atoms with Crippen LogP contribution in [0.5, 0.6) is 11.5 Å². The van der Waals surface area contributed by atoms with Gasteiger partial charge in [0.25, 0.3) is 0 Å². The van der Waals surface area contributed by atoms with Crippen LogP contribution in [-0.2, 0) is 4.74 Å². The molecule has 0 spiro atoms.